The zero-order chi connectivity index (χ0) is 29.1. The Morgan fingerprint density at radius 2 is 1.90 bits per heavy atom. The number of anilines is 1. The average Bonchev–Trinajstić information content (AvgIpc) is 3.51. The molecule has 0 spiro atoms. The van der Waals surface area contributed by atoms with E-state index in [1.807, 2.05) is 6.07 Å². The molecule has 11 nitrogen and oxygen atoms in total. The van der Waals surface area contributed by atoms with Crippen LogP contribution in [-0.2, 0) is 16.6 Å². The van der Waals surface area contributed by atoms with Crippen molar-refractivity contribution in [3.05, 3.63) is 58.4 Å². The number of ether oxygens (including phenoxy) is 1. The summed E-state index contributed by atoms with van der Waals surface area (Å²) in [5.74, 6) is -0.937. The summed E-state index contributed by atoms with van der Waals surface area (Å²) in [5.41, 5.74) is -0.283. The first kappa shape index (κ1) is 28.4. The van der Waals surface area contributed by atoms with Gasteiger partial charge in [-0.05, 0) is 68.4 Å². The lowest BCUT2D eigenvalue weighted by Crippen LogP contribution is -2.37. The summed E-state index contributed by atoms with van der Waals surface area (Å²) in [4.78, 5) is 30.1. The van der Waals surface area contributed by atoms with Gasteiger partial charge in [-0.3, -0.25) is 14.1 Å². The number of amides is 1. The standard InChI is InChI=1S/C28H30FN5O6S/c29-23-6-8-25(32-41(38,39)20-3-1-2-4-20)22(16-30)26(23)40-19-5-7-24-21(15-19)27(35)34(17-31-24)14-11-18-9-12-33(13-10-18)28(36)37/h5-8,15,17-18,20,32H,1-4,9-14H2,(H,36,37). The summed E-state index contributed by atoms with van der Waals surface area (Å²) in [6.07, 6.45) is 5.34. The van der Waals surface area contributed by atoms with E-state index in [-0.39, 0.29) is 33.9 Å². The number of aromatic nitrogens is 2. The molecule has 1 aromatic heterocycles. The number of piperidine rings is 1. The molecule has 216 valence electrons. The SMILES string of the molecule is N#Cc1c(NS(=O)(=O)C2CCCC2)ccc(F)c1Oc1ccc2ncn(CCC3CCN(C(=O)O)CC3)c(=O)c2c1. The molecule has 2 heterocycles. The highest BCUT2D eigenvalue weighted by molar-refractivity contribution is 7.93. The van der Waals surface area contributed by atoms with Crippen molar-refractivity contribution in [2.75, 3.05) is 17.8 Å². The van der Waals surface area contributed by atoms with E-state index in [9.17, 15) is 27.7 Å². The van der Waals surface area contributed by atoms with Crippen LogP contribution in [0.3, 0.4) is 0 Å². The van der Waals surface area contributed by atoms with E-state index in [0.717, 1.165) is 31.7 Å². The zero-order valence-corrected chi connectivity index (χ0v) is 23.1. The van der Waals surface area contributed by atoms with Gasteiger partial charge in [0.1, 0.15) is 17.4 Å². The number of sulfonamides is 1. The normalized spacial score (nSPS) is 16.5. The molecule has 2 aromatic carbocycles. The fourth-order valence-corrected chi connectivity index (χ4v) is 7.10. The Balaban J connectivity index is 1.36. The van der Waals surface area contributed by atoms with Crippen LogP contribution >= 0.6 is 0 Å². The minimum absolute atomic E-state index is 0.0743. The first-order valence-corrected chi connectivity index (χ1v) is 15.1. The van der Waals surface area contributed by atoms with E-state index in [4.69, 9.17) is 9.84 Å². The van der Waals surface area contributed by atoms with Gasteiger partial charge in [-0.2, -0.15) is 5.26 Å². The Hall–Kier alpha value is -4.18. The molecule has 2 fully saturated rings. The number of rotatable bonds is 8. The van der Waals surface area contributed by atoms with Crippen LogP contribution in [0.1, 0.15) is 50.5 Å². The van der Waals surface area contributed by atoms with Crippen LogP contribution in [0.15, 0.2) is 41.5 Å². The van der Waals surface area contributed by atoms with Crippen molar-refractivity contribution in [2.24, 2.45) is 5.92 Å². The molecular formula is C28H30FN5O6S. The monoisotopic (exact) mass is 583 g/mol. The molecule has 13 heteroatoms. The summed E-state index contributed by atoms with van der Waals surface area (Å²) < 4.78 is 50.2. The molecule has 1 aliphatic heterocycles. The molecule has 41 heavy (non-hydrogen) atoms. The van der Waals surface area contributed by atoms with E-state index in [2.05, 4.69) is 9.71 Å². The lowest BCUT2D eigenvalue weighted by molar-refractivity contribution is 0.122. The number of likely N-dealkylation sites (tertiary alicyclic amines) is 1. The molecular weight excluding hydrogens is 553 g/mol. The Labute approximate surface area is 236 Å². The number of nitrogens with one attached hydrogen (secondary N) is 1. The lowest BCUT2D eigenvalue weighted by atomic mass is 9.94. The maximum Gasteiger partial charge on any atom is 0.407 e. The number of carbonyl (C=O) groups is 1. The van der Waals surface area contributed by atoms with Gasteiger partial charge in [0.15, 0.2) is 11.6 Å². The van der Waals surface area contributed by atoms with Gasteiger partial charge in [0.05, 0.1) is 28.2 Å². The first-order valence-electron chi connectivity index (χ1n) is 13.6. The molecule has 3 aromatic rings. The van der Waals surface area contributed by atoms with Gasteiger partial charge >= 0.3 is 6.09 Å². The Morgan fingerprint density at radius 1 is 1.17 bits per heavy atom. The molecule has 1 saturated heterocycles. The molecule has 0 atom stereocenters. The third kappa shape index (κ3) is 6.12. The van der Waals surface area contributed by atoms with Crippen molar-refractivity contribution in [3.63, 3.8) is 0 Å². The van der Waals surface area contributed by atoms with Crippen molar-refractivity contribution < 1.29 is 27.4 Å². The molecule has 0 unspecified atom stereocenters. The molecule has 1 saturated carbocycles. The van der Waals surface area contributed by atoms with Crippen LogP contribution < -0.4 is 15.0 Å². The van der Waals surface area contributed by atoms with Gasteiger partial charge in [-0.15, -0.1) is 0 Å². The smallest absolute Gasteiger partial charge is 0.407 e. The predicted octanol–water partition coefficient (Wildman–Crippen LogP) is 4.66. The van der Waals surface area contributed by atoms with Gasteiger partial charge in [0, 0.05) is 19.6 Å². The van der Waals surface area contributed by atoms with Gasteiger partial charge in [-0.1, -0.05) is 12.8 Å². The second kappa shape index (κ2) is 11.7. The number of fused-ring (bicyclic) bond motifs is 1. The zero-order valence-electron chi connectivity index (χ0n) is 22.3. The van der Waals surface area contributed by atoms with Crippen LogP contribution in [0.2, 0.25) is 0 Å². The Bertz CT molecular complexity index is 1670. The van der Waals surface area contributed by atoms with E-state index in [1.165, 1.54) is 34.0 Å². The van der Waals surface area contributed by atoms with E-state index < -0.39 is 32.9 Å². The fraction of sp³-hybridized carbons (Fsp3) is 0.429. The number of hydrogen-bond donors (Lipinski definition) is 2. The first-order chi connectivity index (χ1) is 19.7. The highest BCUT2D eigenvalue weighted by Crippen LogP contribution is 2.35. The van der Waals surface area contributed by atoms with Gasteiger partial charge in [0.25, 0.3) is 5.56 Å². The van der Waals surface area contributed by atoms with E-state index >= 15 is 0 Å². The van der Waals surface area contributed by atoms with Crippen molar-refractivity contribution in [1.29, 1.82) is 5.26 Å². The van der Waals surface area contributed by atoms with Crippen molar-refractivity contribution >= 4 is 32.7 Å². The molecule has 1 amide bonds. The van der Waals surface area contributed by atoms with Crippen LogP contribution in [0.4, 0.5) is 14.9 Å². The molecule has 0 radical (unpaired) electrons. The topological polar surface area (TPSA) is 155 Å². The number of carboxylic acid groups (broad SMARTS) is 1. The molecule has 2 N–H and O–H groups in total. The van der Waals surface area contributed by atoms with E-state index in [0.29, 0.717) is 44.4 Å². The highest BCUT2D eigenvalue weighted by Gasteiger charge is 2.30. The third-order valence-corrected chi connectivity index (χ3v) is 9.75. The summed E-state index contributed by atoms with van der Waals surface area (Å²) in [6.45, 7) is 1.34. The molecule has 0 bridgehead atoms. The number of nitriles is 1. The number of halogens is 1. The number of nitrogens with zero attached hydrogens (tertiary/aromatic N) is 4. The van der Waals surface area contributed by atoms with Gasteiger partial charge in [0.2, 0.25) is 10.0 Å². The minimum Gasteiger partial charge on any atom is -0.465 e. The largest absolute Gasteiger partial charge is 0.465 e. The average molecular weight is 584 g/mol. The molecule has 5 rings (SSSR count). The van der Waals surface area contributed by atoms with Gasteiger partial charge < -0.3 is 14.7 Å². The summed E-state index contributed by atoms with van der Waals surface area (Å²) in [6, 6.07) is 8.53. The summed E-state index contributed by atoms with van der Waals surface area (Å²) in [5, 5.41) is 18.6. The van der Waals surface area contributed by atoms with Crippen LogP contribution in [-0.4, -0.2) is 52.4 Å². The lowest BCUT2D eigenvalue weighted by Gasteiger charge is -2.30. The molecule has 1 aliphatic carbocycles. The van der Waals surface area contributed by atoms with Crippen LogP contribution in [0.25, 0.3) is 10.9 Å². The maximum atomic E-state index is 14.9. The van der Waals surface area contributed by atoms with Crippen molar-refractivity contribution in [3.8, 4) is 17.6 Å². The second-order valence-electron chi connectivity index (χ2n) is 10.5. The highest BCUT2D eigenvalue weighted by atomic mass is 32.2. The Morgan fingerprint density at radius 3 is 2.59 bits per heavy atom. The molecule has 2 aliphatic rings. The van der Waals surface area contributed by atoms with E-state index in [1.54, 1.807) is 6.07 Å². The fourth-order valence-electron chi connectivity index (χ4n) is 5.50. The van der Waals surface area contributed by atoms with Crippen molar-refractivity contribution in [1.82, 2.24) is 14.5 Å². The number of hydrogen-bond acceptors (Lipinski definition) is 7. The van der Waals surface area contributed by atoms with Crippen LogP contribution in [0, 0.1) is 23.1 Å². The second-order valence-corrected chi connectivity index (χ2v) is 12.5. The Kier molecular flexibility index (Phi) is 8.12. The quantitative estimate of drug-likeness (QED) is 0.388. The number of aryl methyl sites for hydroxylation is 1. The predicted molar refractivity (Wildman–Crippen MR) is 149 cm³/mol. The van der Waals surface area contributed by atoms with Crippen molar-refractivity contribution in [2.45, 2.75) is 56.7 Å². The summed E-state index contributed by atoms with van der Waals surface area (Å²) >= 11 is 0. The third-order valence-electron chi connectivity index (χ3n) is 7.89. The van der Waals surface area contributed by atoms with Gasteiger partial charge in [-0.25, -0.2) is 22.6 Å². The summed E-state index contributed by atoms with van der Waals surface area (Å²) in [7, 11) is -3.77. The maximum absolute atomic E-state index is 14.9. The minimum atomic E-state index is -3.77. The van der Waals surface area contributed by atoms with Crippen LogP contribution in [0.5, 0.6) is 11.5 Å². The number of benzene rings is 2.